The van der Waals surface area contributed by atoms with Gasteiger partial charge in [0.2, 0.25) is 11.7 Å². The Labute approximate surface area is 105 Å². The molecule has 1 aromatic heterocycles. The van der Waals surface area contributed by atoms with Crippen LogP contribution in [0, 0.1) is 6.92 Å². The fraction of sp³-hybridized carbons (Fsp3) is 0.308. The van der Waals surface area contributed by atoms with Crippen LogP contribution in [0.4, 0.5) is 0 Å². The summed E-state index contributed by atoms with van der Waals surface area (Å²) in [6.07, 6.45) is 0.104. The van der Waals surface area contributed by atoms with E-state index in [-0.39, 0.29) is 18.8 Å². The highest BCUT2D eigenvalue weighted by atomic mass is 16.5. The summed E-state index contributed by atoms with van der Waals surface area (Å²) in [4.78, 5) is 15.5. The molecule has 0 aliphatic carbocycles. The second kappa shape index (κ2) is 5.55. The number of ether oxygens (including phenoxy) is 1. The van der Waals surface area contributed by atoms with Gasteiger partial charge in [-0.1, -0.05) is 35.0 Å². The van der Waals surface area contributed by atoms with Crippen molar-refractivity contribution in [3.05, 3.63) is 35.7 Å². The minimum absolute atomic E-state index is 0.0578. The molecule has 0 saturated carbocycles. The number of methoxy groups -OCH3 is 1. The number of nitrogens with zero attached hydrogens (tertiary/aromatic N) is 2. The van der Waals surface area contributed by atoms with Crippen LogP contribution in [-0.4, -0.2) is 29.6 Å². The van der Waals surface area contributed by atoms with E-state index in [1.807, 2.05) is 31.2 Å². The molecule has 2 aromatic rings. The fourth-order valence-electron chi connectivity index (χ4n) is 1.53. The maximum atomic E-state index is 11.4. The third-order valence-corrected chi connectivity index (χ3v) is 2.43. The van der Waals surface area contributed by atoms with Crippen LogP contribution >= 0.6 is 0 Å². The van der Waals surface area contributed by atoms with Crippen molar-refractivity contribution in [3.8, 4) is 11.4 Å². The molecule has 0 aliphatic rings. The fourth-order valence-corrected chi connectivity index (χ4v) is 1.53. The molecule has 2 rings (SSSR count). The van der Waals surface area contributed by atoms with E-state index in [1.54, 1.807) is 0 Å². The Morgan fingerprint density at radius 1 is 1.33 bits per heavy atom. The van der Waals surface area contributed by atoms with Crippen molar-refractivity contribution in [2.24, 2.45) is 0 Å². The molecule has 0 atom stereocenters. The zero-order valence-corrected chi connectivity index (χ0v) is 10.3. The van der Waals surface area contributed by atoms with Gasteiger partial charge in [-0.05, 0) is 6.92 Å². The number of Topliss-reactive ketones (excluding diaryl/α,β-unsaturated/α-hetero) is 1. The highest BCUT2D eigenvalue weighted by Crippen LogP contribution is 2.16. The monoisotopic (exact) mass is 246 g/mol. The van der Waals surface area contributed by atoms with E-state index in [9.17, 15) is 4.79 Å². The van der Waals surface area contributed by atoms with E-state index in [1.165, 1.54) is 7.11 Å². The lowest BCUT2D eigenvalue weighted by atomic mass is 10.1. The van der Waals surface area contributed by atoms with Crippen LogP contribution in [0.2, 0.25) is 0 Å². The summed E-state index contributed by atoms with van der Waals surface area (Å²) in [5.41, 5.74) is 2.03. The first kappa shape index (κ1) is 12.4. The van der Waals surface area contributed by atoms with Gasteiger partial charge in [-0.15, -0.1) is 0 Å². The summed E-state index contributed by atoms with van der Waals surface area (Å²) in [7, 11) is 1.48. The van der Waals surface area contributed by atoms with Crippen molar-refractivity contribution in [1.82, 2.24) is 10.1 Å². The molecular formula is C13H14N2O3. The molecule has 0 N–H and O–H groups in total. The number of aromatic nitrogens is 2. The lowest BCUT2D eigenvalue weighted by Gasteiger charge is -1.95. The third-order valence-electron chi connectivity index (χ3n) is 2.43. The molecule has 94 valence electrons. The van der Waals surface area contributed by atoms with Crippen molar-refractivity contribution >= 4 is 5.78 Å². The molecule has 0 saturated heterocycles. The normalized spacial score (nSPS) is 10.6. The van der Waals surface area contributed by atoms with E-state index in [0.717, 1.165) is 11.1 Å². The number of carbonyl (C=O) groups is 1. The summed E-state index contributed by atoms with van der Waals surface area (Å²) in [5, 5.41) is 3.85. The molecule has 1 aromatic carbocycles. The van der Waals surface area contributed by atoms with Gasteiger partial charge in [-0.3, -0.25) is 4.79 Å². The second-order valence-electron chi connectivity index (χ2n) is 4.03. The first-order valence-corrected chi connectivity index (χ1v) is 5.59. The number of hydrogen-bond donors (Lipinski definition) is 0. The maximum absolute atomic E-state index is 11.4. The largest absolute Gasteiger partial charge is 0.377 e. The van der Waals surface area contributed by atoms with E-state index in [0.29, 0.717) is 11.7 Å². The summed E-state index contributed by atoms with van der Waals surface area (Å²) in [6, 6.07) is 7.78. The topological polar surface area (TPSA) is 65.2 Å². The number of ketones is 1. The zero-order chi connectivity index (χ0) is 13.0. The lowest BCUT2D eigenvalue weighted by molar-refractivity contribution is -0.122. The van der Waals surface area contributed by atoms with Crippen LogP contribution in [0.3, 0.4) is 0 Å². The Morgan fingerprint density at radius 3 is 2.72 bits per heavy atom. The molecule has 18 heavy (non-hydrogen) atoms. The SMILES string of the molecule is COCC(=O)Cc1nc(-c2ccc(C)cc2)no1. The Morgan fingerprint density at radius 2 is 2.06 bits per heavy atom. The number of carbonyl (C=O) groups excluding carboxylic acids is 1. The van der Waals surface area contributed by atoms with Gasteiger partial charge in [-0.25, -0.2) is 0 Å². The summed E-state index contributed by atoms with van der Waals surface area (Å²) >= 11 is 0. The van der Waals surface area contributed by atoms with E-state index in [4.69, 9.17) is 9.26 Å². The molecule has 1 heterocycles. The lowest BCUT2D eigenvalue weighted by Crippen LogP contribution is -2.09. The first-order valence-electron chi connectivity index (χ1n) is 5.59. The standard InChI is InChI=1S/C13H14N2O3/c1-9-3-5-10(6-4-9)13-14-12(18-15-13)7-11(16)8-17-2/h3-6H,7-8H2,1-2H3. The van der Waals surface area contributed by atoms with Crippen LogP contribution in [0.25, 0.3) is 11.4 Å². The minimum Gasteiger partial charge on any atom is -0.377 e. The van der Waals surface area contributed by atoms with Crippen LogP contribution in [0.15, 0.2) is 28.8 Å². The van der Waals surface area contributed by atoms with Gasteiger partial charge in [0.05, 0.1) is 6.42 Å². The zero-order valence-electron chi connectivity index (χ0n) is 10.3. The van der Waals surface area contributed by atoms with Crippen LogP contribution in [-0.2, 0) is 16.0 Å². The Bertz CT molecular complexity index is 531. The Balaban J connectivity index is 2.10. The van der Waals surface area contributed by atoms with Gasteiger partial charge in [0.1, 0.15) is 6.61 Å². The molecule has 0 radical (unpaired) electrons. The van der Waals surface area contributed by atoms with Crippen molar-refractivity contribution < 1.29 is 14.1 Å². The third kappa shape index (κ3) is 3.01. The maximum Gasteiger partial charge on any atom is 0.234 e. The van der Waals surface area contributed by atoms with Crippen molar-refractivity contribution in [2.45, 2.75) is 13.3 Å². The van der Waals surface area contributed by atoms with Crippen LogP contribution in [0.1, 0.15) is 11.5 Å². The predicted octanol–water partition coefficient (Wildman–Crippen LogP) is 1.80. The molecule has 0 spiro atoms. The second-order valence-corrected chi connectivity index (χ2v) is 4.03. The molecule has 0 bridgehead atoms. The number of rotatable bonds is 5. The van der Waals surface area contributed by atoms with Gasteiger partial charge in [-0.2, -0.15) is 4.98 Å². The minimum atomic E-state index is -0.0865. The highest BCUT2D eigenvalue weighted by Gasteiger charge is 2.12. The van der Waals surface area contributed by atoms with Gasteiger partial charge in [0.15, 0.2) is 5.78 Å². The average Bonchev–Trinajstić information content (AvgIpc) is 2.78. The van der Waals surface area contributed by atoms with Crippen molar-refractivity contribution in [1.29, 1.82) is 0 Å². The van der Waals surface area contributed by atoms with Crippen molar-refractivity contribution in [3.63, 3.8) is 0 Å². The smallest absolute Gasteiger partial charge is 0.234 e. The molecule has 0 fully saturated rings. The number of benzene rings is 1. The molecule has 0 aliphatic heterocycles. The van der Waals surface area contributed by atoms with E-state index >= 15 is 0 Å². The van der Waals surface area contributed by atoms with Gasteiger partial charge >= 0.3 is 0 Å². The van der Waals surface area contributed by atoms with Crippen molar-refractivity contribution in [2.75, 3.05) is 13.7 Å². The molecule has 5 heteroatoms. The Hall–Kier alpha value is -2.01. The molecular weight excluding hydrogens is 232 g/mol. The van der Waals surface area contributed by atoms with Crippen LogP contribution in [0.5, 0.6) is 0 Å². The average molecular weight is 246 g/mol. The molecule has 0 unspecified atom stereocenters. The van der Waals surface area contributed by atoms with E-state index < -0.39 is 0 Å². The quantitative estimate of drug-likeness (QED) is 0.804. The highest BCUT2D eigenvalue weighted by molar-refractivity contribution is 5.81. The molecule has 0 amide bonds. The molecule has 5 nitrogen and oxygen atoms in total. The van der Waals surface area contributed by atoms with Crippen LogP contribution < -0.4 is 0 Å². The predicted molar refractivity (Wildman–Crippen MR) is 65.1 cm³/mol. The Kier molecular flexibility index (Phi) is 3.84. The first-order chi connectivity index (χ1) is 8.69. The number of aryl methyl sites for hydroxylation is 1. The van der Waals surface area contributed by atoms with E-state index in [2.05, 4.69) is 10.1 Å². The van der Waals surface area contributed by atoms with Gasteiger partial charge < -0.3 is 9.26 Å². The van der Waals surface area contributed by atoms with Gasteiger partial charge in [0.25, 0.3) is 0 Å². The number of hydrogen-bond acceptors (Lipinski definition) is 5. The van der Waals surface area contributed by atoms with Gasteiger partial charge in [0, 0.05) is 12.7 Å². The summed E-state index contributed by atoms with van der Waals surface area (Å²) in [5.74, 6) is 0.722. The summed E-state index contributed by atoms with van der Waals surface area (Å²) < 4.78 is 9.77. The summed E-state index contributed by atoms with van der Waals surface area (Å²) in [6.45, 7) is 2.07.